The Morgan fingerprint density at radius 3 is 2.87 bits per heavy atom. The fourth-order valence-corrected chi connectivity index (χ4v) is 1.41. The molecular formula is C12H21N3. The molecule has 0 aliphatic carbocycles. The first kappa shape index (κ1) is 12.0. The van der Waals surface area contributed by atoms with E-state index in [2.05, 4.69) is 30.9 Å². The van der Waals surface area contributed by atoms with Crippen molar-refractivity contribution in [2.75, 3.05) is 0 Å². The summed E-state index contributed by atoms with van der Waals surface area (Å²) >= 11 is 0. The van der Waals surface area contributed by atoms with Gasteiger partial charge in [0.25, 0.3) is 0 Å². The molecule has 0 saturated carbocycles. The van der Waals surface area contributed by atoms with E-state index < -0.39 is 0 Å². The summed E-state index contributed by atoms with van der Waals surface area (Å²) in [5, 5.41) is 4.40. The van der Waals surface area contributed by atoms with Crippen molar-refractivity contribution in [3.63, 3.8) is 0 Å². The largest absolute Gasteiger partial charge is 0.273 e. The summed E-state index contributed by atoms with van der Waals surface area (Å²) in [6.07, 6.45) is 7.14. The van der Waals surface area contributed by atoms with Crippen LogP contribution in [0.2, 0.25) is 0 Å². The van der Waals surface area contributed by atoms with Crippen LogP contribution < -0.4 is 0 Å². The van der Waals surface area contributed by atoms with Gasteiger partial charge in [-0.2, -0.15) is 5.10 Å². The van der Waals surface area contributed by atoms with E-state index in [0.717, 1.165) is 30.6 Å². The number of aromatic nitrogens is 2. The predicted molar refractivity (Wildman–Crippen MR) is 64.8 cm³/mol. The van der Waals surface area contributed by atoms with Gasteiger partial charge in [-0.1, -0.05) is 27.2 Å². The highest BCUT2D eigenvalue weighted by Gasteiger charge is 2.04. The molecule has 0 radical (unpaired) electrons. The van der Waals surface area contributed by atoms with E-state index in [4.69, 9.17) is 0 Å². The van der Waals surface area contributed by atoms with Crippen LogP contribution in [0.25, 0.3) is 0 Å². The minimum Gasteiger partial charge on any atom is -0.273 e. The van der Waals surface area contributed by atoms with Crippen molar-refractivity contribution >= 4 is 11.9 Å². The lowest BCUT2D eigenvalue weighted by Crippen LogP contribution is -1.90. The maximum atomic E-state index is 4.48. The summed E-state index contributed by atoms with van der Waals surface area (Å²) in [7, 11) is 1.95. The van der Waals surface area contributed by atoms with Crippen molar-refractivity contribution in [2.24, 2.45) is 18.0 Å². The lowest BCUT2D eigenvalue weighted by Gasteiger charge is -1.96. The van der Waals surface area contributed by atoms with Crippen molar-refractivity contribution in [3.8, 4) is 0 Å². The molecule has 3 heteroatoms. The molecule has 0 unspecified atom stereocenters. The van der Waals surface area contributed by atoms with Crippen LogP contribution >= 0.6 is 0 Å². The zero-order valence-corrected chi connectivity index (χ0v) is 10.2. The average Bonchev–Trinajstić information content (AvgIpc) is 2.47. The molecule has 0 aliphatic heterocycles. The van der Waals surface area contributed by atoms with Crippen LogP contribution in [0.1, 0.15) is 39.3 Å². The molecular weight excluding hydrogens is 186 g/mol. The minimum atomic E-state index is 0.667. The van der Waals surface area contributed by atoms with Crippen molar-refractivity contribution in [1.82, 2.24) is 9.78 Å². The van der Waals surface area contributed by atoms with Crippen LogP contribution in [0.5, 0.6) is 0 Å². The molecule has 0 N–H and O–H groups in total. The highest BCUT2D eigenvalue weighted by molar-refractivity contribution is 5.63. The van der Waals surface area contributed by atoms with Gasteiger partial charge in [-0.15, -0.1) is 0 Å². The second-order valence-electron chi connectivity index (χ2n) is 4.33. The number of rotatable bonds is 5. The third-order valence-electron chi connectivity index (χ3n) is 2.18. The van der Waals surface area contributed by atoms with E-state index >= 15 is 0 Å². The first-order chi connectivity index (χ1) is 7.13. The Balaban J connectivity index is 2.70. The van der Waals surface area contributed by atoms with Gasteiger partial charge in [0.15, 0.2) is 0 Å². The molecule has 0 aromatic carbocycles. The Morgan fingerprint density at radius 1 is 1.53 bits per heavy atom. The van der Waals surface area contributed by atoms with E-state index in [9.17, 15) is 0 Å². The fourth-order valence-electron chi connectivity index (χ4n) is 1.41. The van der Waals surface area contributed by atoms with Gasteiger partial charge >= 0.3 is 0 Å². The third kappa shape index (κ3) is 3.86. The fraction of sp³-hybridized carbons (Fsp3) is 0.667. The molecule has 0 amide bonds. The van der Waals surface area contributed by atoms with Gasteiger partial charge in [-0.3, -0.25) is 9.67 Å². The summed E-state index contributed by atoms with van der Waals surface area (Å²) < 4.78 is 1.84. The van der Waals surface area contributed by atoms with Crippen molar-refractivity contribution in [2.45, 2.75) is 40.0 Å². The van der Waals surface area contributed by atoms with Crippen molar-refractivity contribution in [1.29, 1.82) is 0 Å². The van der Waals surface area contributed by atoms with Crippen LogP contribution in [0.3, 0.4) is 0 Å². The smallest absolute Gasteiger partial charge is 0.104 e. The Morgan fingerprint density at radius 2 is 2.27 bits per heavy atom. The highest BCUT2D eigenvalue weighted by Crippen LogP contribution is 2.18. The molecule has 0 aliphatic rings. The molecule has 1 aromatic heterocycles. The topological polar surface area (TPSA) is 30.2 Å². The first-order valence-electron chi connectivity index (χ1n) is 5.68. The average molecular weight is 207 g/mol. The van der Waals surface area contributed by atoms with Crippen LogP contribution in [0.15, 0.2) is 11.2 Å². The molecule has 1 rings (SSSR count). The van der Waals surface area contributed by atoms with Gasteiger partial charge in [-0.05, 0) is 18.8 Å². The molecule has 1 heterocycles. The molecule has 0 atom stereocenters. The first-order valence-corrected chi connectivity index (χ1v) is 5.68. The summed E-state index contributed by atoms with van der Waals surface area (Å²) in [6, 6.07) is 0. The predicted octanol–water partition coefficient (Wildman–Crippen LogP) is 3.12. The number of aryl methyl sites for hydroxylation is 2. The van der Waals surface area contributed by atoms with E-state index in [1.54, 1.807) is 0 Å². The number of hydrogen-bond acceptors (Lipinski definition) is 2. The normalized spacial score (nSPS) is 11.8. The Bertz CT molecular complexity index is 324. The zero-order chi connectivity index (χ0) is 11.3. The molecule has 15 heavy (non-hydrogen) atoms. The van der Waals surface area contributed by atoms with Crippen LogP contribution in [-0.4, -0.2) is 16.0 Å². The quantitative estimate of drug-likeness (QED) is 0.682. The highest BCUT2D eigenvalue weighted by atomic mass is 15.3. The molecule has 0 spiro atoms. The minimum absolute atomic E-state index is 0.667. The summed E-state index contributed by atoms with van der Waals surface area (Å²) in [6.45, 7) is 6.56. The van der Waals surface area contributed by atoms with Gasteiger partial charge in [0.05, 0.1) is 11.9 Å². The second kappa shape index (κ2) is 5.69. The Labute approximate surface area is 92.2 Å². The summed E-state index contributed by atoms with van der Waals surface area (Å²) in [5.74, 6) is 0.667. The molecule has 3 nitrogen and oxygen atoms in total. The van der Waals surface area contributed by atoms with E-state index in [1.165, 1.54) is 0 Å². The number of aliphatic imine (C=N–C) groups is 1. The Kier molecular flexibility index (Phi) is 4.53. The summed E-state index contributed by atoms with van der Waals surface area (Å²) in [4.78, 5) is 4.48. The van der Waals surface area contributed by atoms with E-state index in [-0.39, 0.29) is 0 Å². The zero-order valence-electron chi connectivity index (χ0n) is 10.2. The molecule has 84 valence electrons. The number of hydrogen-bond donors (Lipinski definition) is 0. The SMILES string of the molecule is CCCc1nn(C)cc1N=CCC(C)C. The lowest BCUT2D eigenvalue weighted by atomic mass is 10.1. The second-order valence-corrected chi connectivity index (χ2v) is 4.33. The molecule has 0 saturated heterocycles. The van der Waals surface area contributed by atoms with Crippen LogP contribution in [-0.2, 0) is 13.5 Å². The standard InChI is InChI=1S/C12H21N3/c1-5-6-11-12(9-15(4)14-11)13-8-7-10(2)3/h8-10H,5-7H2,1-4H3. The molecule has 0 bridgehead atoms. The Hall–Kier alpha value is -1.12. The maximum absolute atomic E-state index is 4.48. The maximum Gasteiger partial charge on any atom is 0.104 e. The summed E-state index contributed by atoms with van der Waals surface area (Å²) in [5.41, 5.74) is 2.14. The van der Waals surface area contributed by atoms with Gasteiger partial charge < -0.3 is 0 Å². The van der Waals surface area contributed by atoms with E-state index in [0.29, 0.717) is 5.92 Å². The van der Waals surface area contributed by atoms with Crippen LogP contribution in [0, 0.1) is 5.92 Å². The monoisotopic (exact) mass is 207 g/mol. The van der Waals surface area contributed by atoms with Gasteiger partial charge in [0.2, 0.25) is 0 Å². The van der Waals surface area contributed by atoms with Gasteiger partial charge in [0, 0.05) is 13.3 Å². The molecule has 0 fully saturated rings. The van der Waals surface area contributed by atoms with Gasteiger partial charge in [-0.25, -0.2) is 0 Å². The van der Waals surface area contributed by atoms with Crippen molar-refractivity contribution in [3.05, 3.63) is 11.9 Å². The van der Waals surface area contributed by atoms with Gasteiger partial charge in [0.1, 0.15) is 5.69 Å². The van der Waals surface area contributed by atoms with Crippen LogP contribution in [0.4, 0.5) is 5.69 Å². The van der Waals surface area contributed by atoms with Crippen molar-refractivity contribution < 1.29 is 0 Å². The third-order valence-corrected chi connectivity index (χ3v) is 2.18. The van der Waals surface area contributed by atoms with E-state index in [1.807, 2.05) is 24.1 Å². The lowest BCUT2D eigenvalue weighted by molar-refractivity contribution is 0.690. The molecule has 1 aromatic rings. The number of nitrogens with zero attached hydrogens (tertiary/aromatic N) is 3.